The molecule has 340 valence electrons. The van der Waals surface area contributed by atoms with E-state index in [1.54, 1.807) is 30.3 Å². The van der Waals surface area contributed by atoms with Crippen molar-refractivity contribution in [1.82, 2.24) is 0 Å². The van der Waals surface area contributed by atoms with Crippen molar-refractivity contribution >= 4 is 69.1 Å². The summed E-state index contributed by atoms with van der Waals surface area (Å²) in [6.45, 7) is 12.9. The van der Waals surface area contributed by atoms with Crippen LogP contribution in [0.4, 0.5) is 11.4 Å². The van der Waals surface area contributed by atoms with Crippen molar-refractivity contribution < 1.29 is 40.5 Å². The minimum Gasteiger partial charge on any atom is -0.574 e. The maximum atomic E-state index is 11.3. The quantitative estimate of drug-likeness (QED) is 0.0556. The topological polar surface area (TPSA) is 101 Å². The number of hydrogen-bond acceptors (Lipinski definition) is 5. The molecule has 7 nitrogen and oxygen atoms in total. The summed E-state index contributed by atoms with van der Waals surface area (Å²) in [6.07, 6.45) is 0.931. The van der Waals surface area contributed by atoms with Gasteiger partial charge in [0.25, 0.3) is 5.69 Å². The van der Waals surface area contributed by atoms with Crippen LogP contribution in [-0.4, -0.2) is 19.6 Å². The molecule has 8 rings (SSSR count). The third kappa shape index (κ3) is 15.2. The van der Waals surface area contributed by atoms with E-state index >= 15 is 0 Å². The normalized spacial score (nSPS) is 10.7. The summed E-state index contributed by atoms with van der Waals surface area (Å²) in [4.78, 5) is 10.2. The zero-order chi connectivity index (χ0) is 46.5. The van der Waals surface area contributed by atoms with Gasteiger partial charge in [-0.05, 0) is 126 Å². The van der Waals surface area contributed by atoms with Crippen molar-refractivity contribution in [1.29, 1.82) is 0 Å². The van der Waals surface area contributed by atoms with E-state index in [1.807, 2.05) is 0 Å². The van der Waals surface area contributed by atoms with Gasteiger partial charge in [-0.25, -0.2) is 8.42 Å². The first-order valence-corrected chi connectivity index (χ1v) is 26.1. The minimum atomic E-state index is -3.65. The third-order valence-electron chi connectivity index (χ3n) is 10.4. The number of sulfonamides is 1. The van der Waals surface area contributed by atoms with Gasteiger partial charge in [0.15, 0.2) is 0 Å². The van der Waals surface area contributed by atoms with Crippen molar-refractivity contribution in [2.24, 2.45) is 0 Å². The molecule has 0 aliphatic carbocycles. The number of hydrogen-bond donors (Lipinski definition) is 0. The second-order valence-electron chi connectivity index (χ2n) is 16.1. The molecule has 0 fully saturated rings. The van der Waals surface area contributed by atoms with Gasteiger partial charge < -0.3 is 9.46 Å². The van der Waals surface area contributed by atoms with Crippen LogP contribution in [0.3, 0.4) is 0 Å². The van der Waals surface area contributed by atoms with E-state index in [2.05, 4.69) is 192 Å². The zero-order valence-electron chi connectivity index (χ0n) is 38.1. The molecule has 0 aliphatic rings. The van der Waals surface area contributed by atoms with Crippen molar-refractivity contribution in [3.8, 4) is 11.5 Å². The SMILES string of the molecule is CS(=O)(=O)[N-]c1ccc([N+](=O)[O-])cc1Oc1ccccc1.Cc1ccc([PH+](c2ccc(C)cc2)c2ccc(C)cc2)cc1.Cc1ccc([PH+](c2ccc(C)cc2)c2ccc(C)cc2)cc1.[Ag+]. The van der Waals surface area contributed by atoms with Gasteiger partial charge in [0, 0.05) is 12.3 Å². The van der Waals surface area contributed by atoms with Crippen LogP contribution in [0, 0.1) is 51.7 Å². The molecule has 0 spiro atoms. The zero-order valence-corrected chi connectivity index (χ0v) is 42.4. The summed E-state index contributed by atoms with van der Waals surface area (Å²) in [5, 5.41) is 19.5. The molecular weight excluding hydrogens is 970 g/mol. The molecule has 0 aromatic heterocycles. The van der Waals surface area contributed by atoms with Gasteiger partial charge in [-0.15, -0.1) is 0 Å². The van der Waals surface area contributed by atoms with Crippen LogP contribution in [-0.2, 0) is 32.4 Å². The number of ether oxygens (including phenoxy) is 1. The average molecular weight is 1030 g/mol. The largest absolute Gasteiger partial charge is 1.00 e. The van der Waals surface area contributed by atoms with Crippen LogP contribution in [0.2, 0.25) is 0 Å². The monoisotopic (exact) mass is 1020 g/mol. The molecule has 66 heavy (non-hydrogen) atoms. The fourth-order valence-corrected chi connectivity index (χ4v) is 12.4. The second-order valence-corrected chi connectivity index (χ2v) is 22.7. The smallest absolute Gasteiger partial charge is 0.574 e. The summed E-state index contributed by atoms with van der Waals surface area (Å²) in [6, 6.07) is 66.3. The number of aryl methyl sites for hydroxylation is 6. The molecule has 0 saturated heterocycles. The molecule has 0 unspecified atom stereocenters. The van der Waals surface area contributed by atoms with Crippen LogP contribution in [0.5, 0.6) is 11.5 Å². The standard InChI is InChI=1S/2C21H21P.C13H11N2O5S.Ag/c2*1-16-4-10-19(11-5-16)22(20-12-6-17(2)7-13-20)21-14-8-18(3)9-15-21;1-21(18,19)14-12-8-7-10(15(16)17)9-13(12)20-11-5-3-2-4-6-11;/h2*4-15H,1-3H3;2-9H,1H3;/q;;-1;+1/p+2. The van der Waals surface area contributed by atoms with Crippen molar-refractivity contribution in [2.75, 3.05) is 6.26 Å². The molecule has 0 saturated carbocycles. The van der Waals surface area contributed by atoms with Gasteiger partial charge in [-0.3, -0.25) is 10.1 Å². The van der Waals surface area contributed by atoms with Crippen molar-refractivity contribution in [2.45, 2.75) is 41.5 Å². The van der Waals surface area contributed by atoms with Gasteiger partial charge in [0.2, 0.25) is 0 Å². The Kier molecular flexibility index (Phi) is 18.8. The van der Waals surface area contributed by atoms with Crippen LogP contribution >= 0.6 is 15.8 Å². The van der Waals surface area contributed by atoms with E-state index in [1.165, 1.54) is 77.3 Å². The number of rotatable bonds is 11. The van der Waals surface area contributed by atoms with Crippen molar-refractivity contribution in [3.63, 3.8) is 0 Å². The van der Waals surface area contributed by atoms with Crippen LogP contribution < -0.4 is 36.6 Å². The molecule has 0 atom stereocenters. The molecule has 0 heterocycles. The Hall–Kier alpha value is -5.69. The second kappa shape index (κ2) is 24.2. The van der Waals surface area contributed by atoms with E-state index in [0.717, 1.165) is 12.3 Å². The molecule has 0 bridgehead atoms. The summed E-state index contributed by atoms with van der Waals surface area (Å²) in [7, 11) is -5.50. The molecule has 0 radical (unpaired) electrons. The predicted octanol–water partition coefficient (Wildman–Crippen LogP) is 11.6. The minimum absolute atomic E-state index is 0. The van der Waals surface area contributed by atoms with Crippen LogP contribution in [0.25, 0.3) is 4.72 Å². The molecule has 0 N–H and O–H groups in total. The average Bonchev–Trinajstić information content (AvgIpc) is 3.28. The first-order chi connectivity index (χ1) is 31.1. The number of nitro groups is 1. The molecule has 8 aromatic carbocycles. The van der Waals surface area contributed by atoms with Crippen molar-refractivity contribution in [3.05, 3.63) is 242 Å². The fourth-order valence-electron chi connectivity index (χ4n) is 6.89. The first kappa shape index (κ1) is 51.3. The fraction of sp³-hybridized carbons (Fsp3) is 0.127. The van der Waals surface area contributed by atoms with E-state index in [4.69, 9.17) is 4.74 Å². The Morgan fingerprint density at radius 3 is 1.00 bits per heavy atom. The maximum absolute atomic E-state index is 11.3. The Morgan fingerprint density at radius 1 is 0.455 bits per heavy atom. The van der Waals surface area contributed by atoms with E-state index in [-0.39, 0.29) is 39.5 Å². The molecule has 0 aliphatic heterocycles. The summed E-state index contributed by atoms with van der Waals surface area (Å²) < 4.78 is 31.5. The predicted molar refractivity (Wildman–Crippen MR) is 279 cm³/mol. The number of nitrogens with zero attached hydrogens (tertiary/aromatic N) is 2. The molecule has 0 amide bonds. The Bertz CT molecular complexity index is 2550. The summed E-state index contributed by atoms with van der Waals surface area (Å²) in [5.74, 6) is 0.420. The molecule has 8 aromatic rings. The number of benzene rings is 8. The van der Waals surface area contributed by atoms with Gasteiger partial charge in [-0.1, -0.05) is 136 Å². The van der Waals surface area contributed by atoms with Crippen LogP contribution in [0.1, 0.15) is 33.4 Å². The van der Waals surface area contributed by atoms with Gasteiger partial charge >= 0.3 is 22.4 Å². The third-order valence-corrected chi connectivity index (χ3v) is 16.4. The Labute approximate surface area is 408 Å². The van der Waals surface area contributed by atoms with Gasteiger partial charge in [0.05, 0.1) is 36.9 Å². The van der Waals surface area contributed by atoms with E-state index < -0.39 is 30.8 Å². The molecule has 11 heteroatoms. The maximum Gasteiger partial charge on any atom is 1.00 e. The van der Waals surface area contributed by atoms with E-state index in [0.29, 0.717) is 5.75 Å². The molecular formula is C55H55AgN2O5P2S+2. The first-order valence-electron chi connectivity index (χ1n) is 21.2. The number of para-hydroxylation sites is 1. The number of nitro benzene ring substituents is 1. The summed E-state index contributed by atoms with van der Waals surface area (Å²) >= 11 is 0. The van der Waals surface area contributed by atoms with Gasteiger partial charge in [0.1, 0.15) is 43.3 Å². The number of non-ortho nitro benzene ring substituents is 1. The van der Waals surface area contributed by atoms with Gasteiger partial charge in [-0.2, -0.15) is 0 Å². The Balaban J connectivity index is 0.000000184. The van der Waals surface area contributed by atoms with Crippen LogP contribution in [0.15, 0.2) is 194 Å². The van der Waals surface area contributed by atoms with E-state index in [9.17, 15) is 18.5 Å². The Morgan fingerprint density at radius 2 is 0.742 bits per heavy atom. The summed E-state index contributed by atoms with van der Waals surface area (Å²) in [5.41, 5.74) is 7.70.